The molecule has 1 aromatic heterocycles. The van der Waals surface area contributed by atoms with Crippen molar-refractivity contribution >= 4 is 5.69 Å². The highest BCUT2D eigenvalue weighted by molar-refractivity contribution is 5.45. The van der Waals surface area contributed by atoms with Crippen LogP contribution in [0.5, 0.6) is 0 Å². The molecule has 1 atom stereocenters. The van der Waals surface area contributed by atoms with E-state index in [4.69, 9.17) is 11.0 Å². The van der Waals surface area contributed by atoms with Gasteiger partial charge in [-0.25, -0.2) is 0 Å². The predicted molar refractivity (Wildman–Crippen MR) is 69.6 cm³/mol. The first-order valence-electron chi connectivity index (χ1n) is 5.91. The molecule has 2 N–H and O–H groups in total. The minimum absolute atomic E-state index is 0.0457. The summed E-state index contributed by atoms with van der Waals surface area (Å²) in [6.07, 6.45) is 2.35. The summed E-state index contributed by atoms with van der Waals surface area (Å²) in [4.78, 5) is 6.51. The Morgan fingerprint density at radius 3 is 2.53 bits per heavy atom. The highest BCUT2D eigenvalue weighted by Crippen LogP contribution is 2.18. The van der Waals surface area contributed by atoms with Crippen LogP contribution in [-0.2, 0) is 0 Å². The highest BCUT2D eigenvalue weighted by atomic mass is 15.2. The SMILES string of the molecule is CC(C)N(CCC#N)c1ccc([C@H](C)N)nc1. The van der Waals surface area contributed by atoms with E-state index in [2.05, 4.69) is 29.8 Å². The molecule has 0 saturated carbocycles. The summed E-state index contributed by atoms with van der Waals surface area (Å²) >= 11 is 0. The quantitative estimate of drug-likeness (QED) is 0.845. The maximum Gasteiger partial charge on any atom is 0.0640 e. The first kappa shape index (κ1) is 13.5. The maximum absolute atomic E-state index is 8.65. The zero-order valence-corrected chi connectivity index (χ0v) is 10.7. The lowest BCUT2D eigenvalue weighted by atomic mass is 10.2. The van der Waals surface area contributed by atoms with E-state index in [9.17, 15) is 0 Å². The van der Waals surface area contributed by atoms with Gasteiger partial charge in [0.25, 0.3) is 0 Å². The van der Waals surface area contributed by atoms with Crippen LogP contribution in [0, 0.1) is 11.3 Å². The molecule has 0 aliphatic rings. The number of nitrogens with zero attached hydrogens (tertiary/aromatic N) is 3. The van der Waals surface area contributed by atoms with E-state index in [0.717, 1.165) is 17.9 Å². The van der Waals surface area contributed by atoms with Crippen molar-refractivity contribution in [1.82, 2.24) is 4.98 Å². The van der Waals surface area contributed by atoms with Gasteiger partial charge in [0.05, 0.1) is 30.1 Å². The lowest BCUT2D eigenvalue weighted by Crippen LogP contribution is -2.31. The van der Waals surface area contributed by atoms with Crippen LogP contribution in [0.3, 0.4) is 0 Å². The average molecular weight is 232 g/mol. The van der Waals surface area contributed by atoms with Gasteiger partial charge in [0.15, 0.2) is 0 Å². The van der Waals surface area contributed by atoms with Gasteiger partial charge in [-0.1, -0.05) is 0 Å². The van der Waals surface area contributed by atoms with Gasteiger partial charge in [-0.3, -0.25) is 4.98 Å². The van der Waals surface area contributed by atoms with E-state index in [-0.39, 0.29) is 6.04 Å². The molecule has 92 valence electrons. The van der Waals surface area contributed by atoms with Crippen LogP contribution in [0.1, 0.15) is 38.9 Å². The first-order chi connectivity index (χ1) is 8.06. The van der Waals surface area contributed by atoms with Crippen LogP contribution in [0.15, 0.2) is 18.3 Å². The molecule has 0 aliphatic heterocycles. The molecule has 4 nitrogen and oxygen atoms in total. The summed E-state index contributed by atoms with van der Waals surface area (Å²) in [5.41, 5.74) is 7.69. The molecule has 0 bridgehead atoms. The lowest BCUT2D eigenvalue weighted by Gasteiger charge is -2.28. The Kier molecular flexibility index (Phi) is 4.92. The zero-order chi connectivity index (χ0) is 12.8. The monoisotopic (exact) mass is 232 g/mol. The second kappa shape index (κ2) is 6.21. The van der Waals surface area contributed by atoms with E-state index in [1.165, 1.54) is 0 Å². The number of nitriles is 1. The molecule has 1 aromatic rings. The minimum atomic E-state index is -0.0457. The summed E-state index contributed by atoms with van der Waals surface area (Å²) in [6, 6.07) is 6.44. The molecule has 0 spiro atoms. The van der Waals surface area contributed by atoms with E-state index in [1.807, 2.05) is 25.3 Å². The Balaban J connectivity index is 2.84. The van der Waals surface area contributed by atoms with Crippen molar-refractivity contribution in [3.63, 3.8) is 0 Å². The van der Waals surface area contributed by atoms with Gasteiger partial charge >= 0.3 is 0 Å². The van der Waals surface area contributed by atoms with Gasteiger partial charge in [0.2, 0.25) is 0 Å². The molecular formula is C13H20N4. The maximum atomic E-state index is 8.65. The fraction of sp³-hybridized carbons (Fsp3) is 0.538. The standard InChI is InChI=1S/C13H20N4/c1-10(2)17(8-4-7-14)12-5-6-13(11(3)15)16-9-12/h5-6,9-11H,4,8,15H2,1-3H3/t11-/m0/s1. The number of pyridine rings is 1. The average Bonchev–Trinajstić information content (AvgIpc) is 2.29. The molecular weight excluding hydrogens is 212 g/mol. The Morgan fingerprint density at radius 1 is 1.41 bits per heavy atom. The number of rotatable bonds is 5. The second-order valence-electron chi connectivity index (χ2n) is 4.43. The van der Waals surface area contributed by atoms with Gasteiger partial charge in [0.1, 0.15) is 0 Å². The number of hydrogen-bond acceptors (Lipinski definition) is 4. The van der Waals surface area contributed by atoms with Gasteiger partial charge in [0, 0.05) is 18.6 Å². The van der Waals surface area contributed by atoms with E-state index in [1.54, 1.807) is 0 Å². The van der Waals surface area contributed by atoms with Crippen molar-refractivity contribution in [3.05, 3.63) is 24.0 Å². The normalized spacial score (nSPS) is 12.2. The molecule has 0 saturated heterocycles. The molecule has 0 aromatic carbocycles. The summed E-state index contributed by atoms with van der Waals surface area (Å²) in [7, 11) is 0. The van der Waals surface area contributed by atoms with E-state index in [0.29, 0.717) is 12.5 Å². The number of nitrogens with two attached hydrogens (primary N) is 1. The summed E-state index contributed by atoms with van der Waals surface area (Å²) in [6.45, 7) is 6.86. The fourth-order valence-corrected chi connectivity index (χ4v) is 1.69. The van der Waals surface area contributed by atoms with E-state index >= 15 is 0 Å². The van der Waals surface area contributed by atoms with Crippen molar-refractivity contribution in [1.29, 1.82) is 5.26 Å². The van der Waals surface area contributed by atoms with E-state index < -0.39 is 0 Å². The third-order valence-electron chi connectivity index (χ3n) is 2.66. The summed E-state index contributed by atoms with van der Waals surface area (Å²) < 4.78 is 0. The van der Waals surface area contributed by atoms with Crippen molar-refractivity contribution < 1.29 is 0 Å². The zero-order valence-electron chi connectivity index (χ0n) is 10.7. The Bertz CT molecular complexity index is 375. The fourth-order valence-electron chi connectivity index (χ4n) is 1.69. The topological polar surface area (TPSA) is 65.9 Å². The second-order valence-corrected chi connectivity index (χ2v) is 4.43. The smallest absolute Gasteiger partial charge is 0.0640 e. The van der Waals surface area contributed by atoms with Crippen molar-refractivity contribution in [2.45, 2.75) is 39.3 Å². The van der Waals surface area contributed by atoms with Crippen LogP contribution in [0.25, 0.3) is 0 Å². The molecule has 0 aliphatic carbocycles. The van der Waals surface area contributed by atoms with Crippen LogP contribution < -0.4 is 10.6 Å². The summed E-state index contributed by atoms with van der Waals surface area (Å²) in [5.74, 6) is 0. The minimum Gasteiger partial charge on any atom is -0.367 e. The van der Waals surface area contributed by atoms with Gasteiger partial charge in [-0.05, 0) is 32.9 Å². The Labute approximate surface area is 103 Å². The summed E-state index contributed by atoms with van der Waals surface area (Å²) in [5, 5.41) is 8.65. The molecule has 17 heavy (non-hydrogen) atoms. The molecule has 0 amide bonds. The van der Waals surface area contributed by atoms with Gasteiger partial charge < -0.3 is 10.6 Å². The lowest BCUT2D eigenvalue weighted by molar-refractivity contribution is 0.683. The number of aromatic nitrogens is 1. The molecule has 1 rings (SSSR count). The van der Waals surface area contributed by atoms with Crippen LogP contribution in [-0.4, -0.2) is 17.6 Å². The number of anilines is 1. The van der Waals surface area contributed by atoms with Crippen LogP contribution in [0.2, 0.25) is 0 Å². The first-order valence-corrected chi connectivity index (χ1v) is 5.91. The van der Waals surface area contributed by atoms with Crippen LogP contribution >= 0.6 is 0 Å². The van der Waals surface area contributed by atoms with Crippen LogP contribution in [0.4, 0.5) is 5.69 Å². The largest absolute Gasteiger partial charge is 0.367 e. The molecule has 4 heteroatoms. The van der Waals surface area contributed by atoms with Gasteiger partial charge in [-0.2, -0.15) is 5.26 Å². The van der Waals surface area contributed by atoms with Crippen molar-refractivity contribution in [3.8, 4) is 6.07 Å². The molecule has 1 heterocycles. The molecule has 0 radical (unpaired) electrons. The van der Waals surface area contributed by atoms with Crippen molar-refractivity contribution in [2.75, 3.05) is 11.4 Å². The third-order valence-corrected chi connectivity index (χ3v) is 2.66. The number of hydrogen-bond donors (Lipinski definition) is 1. The van der Waals surface area contributed by atoms with Gasteiger partial charge in [-0.15, -0.1) is 0 Å². The Morgan fingerprint density at radius 2 is 2.12 bits per heavy atom. The Hall–Kier alpha value is -1.60. The third kappa shape index (κ3) is 3.72. The van der Waals surface area contributed by atoms with Crippen molar-refractivity contribution in [2.24, 2.45) is 5.73 Å². The highest BCUT2D eigenvalue weighted by Gasteiger charge is 2.11. The molecule has 0 unspecified atom stereocenters. The predicted octanol–water partition coefficient (Wildman–Crippen LogP) is 2.23. The molecule has 0 fully saturated rings.